The molecule has 1 saturated heterocycles. The molecule has 1 fully saturated rings. The fraction of sp³-hybridized carbons (Fsp3) is 0.256. The molecule has 1 aliphatic heterocycles. The first-order valence-electron chi connectivity index (χ1n) is 16.0. The van der Waals surface area contributed by atoms with Crippen LogP contribution in [-0.2, 0) is 59.9 Å². The summed E-state index contributed by atoms with van der Waals surface area (Å²) in [6.45, 7) is 0.954. The van der Waals surface area contributed by atoms with E-state index in [1.165, 1.54) is 12.3 Å². The van der Waals surface area contributed by atoms with Gasteiger partial charge in [0.15, 0.2) is 10.5 Å². The lowest BCUT2D eigenvalue weighted by atomic mass is 9.98. The van der Waals surface area contributed by atoms with Gasteiger partial charge in [-0.3, -0.25) is 0 Å². The highest BCUT2D eigenvalue weighted by atomic mass is 32.2. The monoisotopic (exact) mass is 665 g/mol. The quantitative estimate of drug-likeness (QED) is 0.124. The summed E-state index contributed by atoms with van der Waals surface area (Å²) < 4.78 is 61.2. The van der Waals surface area contributed by atoms with Gasteiger partial charge in [-0.1, -0.05) is 127 Å². The van der Waals surface area contributed by atoms with E-state index in [9.17, 15) is 8.42 Å². The molecule has 8 nitrogen and oxygen atoms in total. The van der Waals surface area contributed by atoms with Crippen molar-refractivity contribution in [3.63, 3.8) is 0 Å². The molecule has 0 saturated carbocycles. The molecule has 4 aromatic carbocycles. The Hall–Kier alpha value is -4.22. The van der Waals surface area contributed by atoms with Crippen LogP contribution in [0, 0.1) is 0 Å². The van der Waals surface area contributed by atoms with Crippen LogP contribution in [0.15, 0.2) is 151 Å². The minimum absolute atomic E-state index is 0.0548. The van der Waals surface area contributed by atoms with E-state index < -0.39 is 39.7 Å². The molecule has 0 spiro atoms. The van der Waals surface area contributed by atoms with Gasteiger partial charge in [-0.05, 0) is 34.4 Å². The van der Waals surface area contributed by atoms with E-state index >= 15 is 0 Å². The van der Waals surface area contributed by atoms with Crippen LogP contribution in [-0.4, -0.2) is 49.9 Å². The molecule has 0 aliphatic carbocycles. The fourth-order valence-electron chi connectivity index (χ4n) is 5.63. The van der Waals surface area contributed by atoms with Crippen molar-refractivity contribution in [3.05, 3.63) is 168 Å². The molecule has 9 heteroatoms. The summed E-state index contributed by atoms with van der Waals surface area (Å²) in [7, 11) is -4.18. The van der Waals surface area contributed by atoms with E-state index in [-0.39, 0.29) is 31.5 Å². The van der Waals surface area contributed by atoms with E-state index in [1.54, 1.807) is 12.1 Å². The van der Waals surface area contributed by atoms with Gasteiger partial charge in [-0.15, -0.1) is 0 Å². The van der Waals surface area contributed by atoms with Crippen molar-refractivity contribution in [2.75, 3.05) is 6.61 Å². The number of pyridine rings is 1. The Kier molecular flexibility index (Phi) is 11.7. The van der Waals surface area contributed by atoms with Crippen LogP contribution < -0.4 is 0 Å². The Morgan fingerprint density at radius 2 is 0.958 bits per heavy atom. The van der Waals surface area contributed by atoms with Crippen molar-refractivity contribution < 1.29 is 32.1 Å². The van der Waals surface area contributed by atoms with Gasteiger partial charge < -0.3 is 23.7 Å². The Bertz CT molecular complexity index is 1760. The molecule has 2 heterocycles. The standard InChI is InChI=1S/C39H39NO7S/c41-48(42,35-23-13-14-24-40-35)39-38(46-28-33-21-11-4-12-22-33)37(45-27-32-19-9-3-10-20-32)36(44-26-31-17-7-2-8-18-31)34(47-39)29-43-25-30-15-5-1-6-16-30/h1-24,34,36-39H,25-29H2/t34-,36-,37+,38+,39-/m1/s1. The second kappa shape index (κ2) is 16.7. The van der Waals surface area contributed by atoms with Crippen LogP contribution in [0.5, 0.6) is 0 Å². The summed E-state index contributed by atoms with van der Waals surface area (Å²) in [6.07, 6.45) is -2.06. The number of nitrogens with zero attached hydrogens (tertiary/aromatic N) is 1. The van der Waals surface area contributed by atoms with Gasteiger partial charge in [-0.25, -0.2) is 13.4 Å². The van der Waals surface area contributed by atoms with Crippen LogP contribution in [0.4, 0.5) is 0 Å². The van der Waals surface area contributed by atoms with E-state index in [0.717, 1.165) is 22.3 Å². The van der Waals surface area contributed by atoms with Gasteiger partial charge in [0, 0.05) is 6.20 Å². The lowest BCUT2D eigenvalue weighted by Gasteiger charge is -2.45. The number of aromatic nitrogens is 1. The SMILES string of the molecule is O=S(=O)(c1ccccn1)[C@H]1O[C@H](COCc2ccccc2)[C@@H](OCc2ccccc2)[C@H](OCc2ccccc2)[C@@H]1OCc1ccccc1. The molecule has 0 radical (unpaired) electrons. The average molecular weight is 666 g/mol. The molecule has 5 atom stereocenters. The van der Waals surface area contributed by atoms with Crippen LogP contribution in [0.1, 0.15) is 22.3 Å². The predicted octanol–water partition coefficient (Wildman–Crippen LogP) is 6.55. The van der Waals surface area contributed by atoms with Gasteiger partial charge in [0.1, 0.15) is 24.4 Å². The van der Waals surface area contributed by atoms with Gasteiger partial charge >= 0.3 is 0 Å². The van der Waals surface area contributed by atoms with Crippen LogP contribution >= 0.6 is 0 Å². The molecule has 6 rings (SSSR count). The van der Waals surface area contributed by atoms with Crippen molar-refractivity contribution in [1.82, 2.24) is 4.98 Å². The fourth-order valence-corrected chi connectivity index (χ4v) is 7.22. The summed E-state index contributed by atoms with van der Waals surface area (Å²) in [5.41, 5.74) is 2.28. The molecule has 0 unspecified atom stereocenters. The summed E-state index contributed by atoms with van der Waals surface area (Å²) >= 11 is 0. The zero-order valence-corrected chi connectivity index (χ0v) is 27.3. The van der Waals surface area contributed by atoms with E-state index in [4.69, 9.17) is 23.7 Å². The molecule has 5 aromatic rings. The minimum atomic E-state index is -4.18. The Balaban J connectivity index is 1.37. The largest absolute Gasteiger partial charge is 0.374 e. The smallest absolute Gasteiger partial charge is 0.225 e. The summed E-state index contributed by atoms with van der Waals surface area (Å²) in [5.74, 6) is 0. The molecule has 1 aliphatic rings. The van der Waals surface area contributed by atoms with Crippen LogP contribution in [0.3, 0.4) is 0 Å². The summed E-state index contributed by atoms with van der Waals surface area (Å²) in [4.78, 5) is 4.19. The molecule has 0 amide bonds. The first-order chi connectivity index (χ1) is 23.6. The Morgan fingerprint density at radius 3 is 1.44 bits per heavy atom. The number of ether oxygens (including phenoxy) is 5. The average Bonchev–Trinajstić information content (AvgIpc) is 3.14. The first-order valence-corrected chi connectivity index (χ1v) is 17.5. The third kappa shape index (κ3) is 8.82. The molecular weight excluding hydrogens is 626 g/mol. The first kappa shape index (κ1) is 33.7. The highest BCUT2D eigenvalue weighted by Gasteiger charge is 2.53. The van der Waals surface area contributed by atoms with Gasteiger partial charge in [0.25, 0.3) is 0 Å². The molecule has 1 aromatic heterocycles. The zero-order valence-electron chi connectivity index (χ0n) is 26.5. The second-order valence-electron chi connectivity index (χ2n) is 11.5. The summed E-state index contributed by atoms with van der Waals surface area (Å²) in [5, 5.41) is -0.113. The van der Waals surface area contributed by atoms with Crippen molar-refractivity contribution in [2.45, 2.75) is 61.3 Å². The van der Waals surface area contributed by atoms with Crippen molar-refractivity contribution >= 4 is 9.84 Å². The molecule has 248 valence electrons. The van der Waals surface area contributed by atoms with Crippen molar-refractivity contribution in [2.24, 2.45) is 0 Å². The van der Waals surface area contributed by atoms with Crippen molar-refractivity contribution in [1.29, 1.82) is 0 Å². The number of sulfone groups is 1. The number of hydrogen-bond acceptors (Lipinski definition) is 8. The van der Waals surface area contributed by atoms with E-state index in [0.29, 0.717) is 6.61 Å². The van der Waals surface area contributed by atoms with Crippen LogP contribution in [0.25, 0.3) is 0 Å². The predicted molar refractivity (Wildman–Crippen MR) is 181 cm³/mol. The number of hydrogen-bond donors (Lipinski definition) is 0. The highest BCUT2D eigenvalue weighted by molar-refractivity contribution is 7.91. The number of benzene rings is 4. The highest BCUT2D eigenvalue weighted by Crippen LogP contribution is 2.35. The zero-order chi connectivity index (χ0) is 33.0. The Morgan fingerprint density at radius 1 is 0.521 bits per heavy atom. The molecule has 0 bridgehead atoms. The Labute approximate surface area is 282 Å². The third-order valence-electron chi connectivity index (χ3n) is 8.08. The lowest BCUT2D eigenvalue weighted by Crippen LogP contribution is -2.63. The molecule has 0 N–H and O–H groups in total. The van der Waals surface area contributed by atoms with E-state index in [2.05, 4.69) is 4.98 Å². The second-order valence-corrected chi connectivity index (χ2v) is 13.5. The maximum Gasteiger partial charge on any atom is 0.225 e. The summed E-state index contributed by atoms with van der Waals surface area (Å²) in [6, 6.07) is 43.6. The molecular formula is C39H39NO7S. The van der Waals surface area contributed by atoms with E-state index in [1.807, 2.05) is 121 Å². The van der Waals surface area contributed by atoms with Gasteiger partial charge in [0.2, 0.25) is 9.84 Å². The topological polar surface area (TPSA) is 93.2 Å². The molecule has 48 heavy (non-hydrogen) atoms. The lowest BCUT2D eigenvalue weighted by molar-refractivity contribution is -0.256. The minimum Gasteiger partial charge on any atom is -0.374 e. The normalized spacial score (nSPS) is 21.1. The third-order valence-corrected chi connectivity index (χ3v) is 9.89. The van der Waals surface area contributed by atoms with Crippen molar-refractivity contribution in [3.8, 4) is 0 Å². The van der Waals surface area contributed by atoms with Crippen LogP contribution in [0.2, 0.25) is 0 Å². The maximum atomic E-state index is 14.4. The number of rotatable bonds is 15. The van der Waals surface area contributed by atoms with Gasteiger partial charge in [0.05, 0.1) is 33.0 Å². The van der Waals surface area contributed by atoms with Gasteiger partial charge in [-0.2, -0.15) is 0 Å². The maximum absolute atomic E-state index is 14.4.